The molecule has 4 aliphatic rings. The maximum Gasteiger partial charge on any atom is 0.338 e. The van der Waals surface area contributed by atoms with E-state index in [1.807, 2.05) is 0 Å². The van der Waals surface area contributed by atoms with Gasteiger partial charge >= 0.3 is 17.9 Å². The van der Waals surface area contributed by atoms with Crippen molar-refractivity contribution in [2.45, 2.75) is 127 Å². The number of benzene rings is 1. The first-order valence-corrected chi connectivity index (χ1v) is 20.7. The van der Waals surface area contributed by atoms with E-state index in [4.69, 9.17) is 18.9 Å². The number of sulfonamides is 1. The van der Waals surface area contributed by atoms with Gasteiger partial charge in [-0.25, -0.2) is 22.7 Å². The van der Waals surface area contributed by atoms with Crippen molar-refractivity contribution in [3.8, 4) is 0 Å². The number of hydrogen-bond acceptors (Lipinski definition) is 15. The van der Waals surface area contributed by atoms with Crippen molar-refractivity contribution in [1.82, 2.24) is 4.72 Å². The Morgan fingerprint density at radius 2 is 1.69 bits per heavy atom. The number of carbonyl (C=O) groups is 4. The van der Waals surface area contributed by atoms with Gasteiger partial charge in [-0.2, -0.15) is 4.73 Å². The summed E-state index contributed by atoms with van der Waals surface area (Å²) in [7, 11) is -4.29. The molecule has 0 radical (unpaired) electrons. The van der Waals surface area contributed by atoms with Gasteiger partial charge in [-0.15, -0.1) is 0 Å². The SMILES string of the molecule is CC(=O)O[C@@]12CO[C@@H]1C[C@H](O)[C@@]1(C)C(=O)[C@H](O)C3=C(C)[C@@H](OC(=O)[C@H](O)[C@@H](NS(=O)(=O)C(C)(C)C)c4ccc[n+]([O-])c4)C[C@@](O)([C@@H](OC(=O)c4ccccc4)[C@H]21)C3(C)C. The number of rotatable bonds is 9. The van der Waals surface area contributed by atoms with Crippen molar-refractivity contribution < 1.29 is 71.7 Å². The summed E-state index contributed by atoms with van der Waals surface area (Å²) in [4.78, 5) is 56.0. The van der Waals surface area contributed by atoms with Crippen LogP contribution in [0.25, 0.3) is 0 Å². The highest BCUT2D eigenvalue weighted by atomic mass is 32.2. The summed E-state index contributed by atoms with van der Waals surface area (Å²) in [5.41, 5.74) is -8.08. The Morgan fingerprint density at radius 3 is 2.25 bits per heavy atom. The van der Waals surface area contributed by atoms with Gasteiger partial charge in [-0.1, -0.05) is 32.0 Å². The molecule has 3 aliphatic carbocycles. The number of nitrogens with one attached hydrogen (secondary N) is 1. The fraction of sp³-hybridized carbons (Fsp3) is 0.585. The molecule has 2 saturated carbocycles. The molecule has 1 aliphatic heterocycles. The molecule has 2 aromatic rings. The number of aliphatic hydroxyl groups excluding tert-OH is 3. The molecular weight excluding hydrogens is 793 g/mol. The van der Waals surface area contributed by atoms with E-state index in [0.717, 1.165) is 19.3 Å². The number of ketones is 1. The zero-order valence-electron chi connectivity index (χ0n) is 34.1. The molecule has 18 heteroatoms. The largest absolute Gasteiger partial charge is 0.619 e. The lowest BCUT2D eigenvalue weighted by molar-refractivity contribution is -0.606. The van der Waals surface area contributed by atoms with Crippen LogP contribution in [-0.2, 0) is 43.4 Å². The van der Waals surface area contributed by atoms with E-state index in [0.29, 0.717) is 4.73 Å². The van der Waals surface area contributed by atoms with Crippen molar-refractivity contribution in [3.63, 3.8) is 0 Å². The van der Waals surface area contributed by atoms with Gasteiger partial charge in [-0.05, 0) is 64.0 Å². The number of hydrogen-bond donors (Lipinski definition) is 5. The lowest BCUT2D eigenvalue weighted by Crippen LogP contribution is -2.81. The number of nitrogens with zero attached hydrogens (tertiary/aromatic N) is 1. The Balaban J connectivity index is 1.51. The standard InChI is InChI=1S/C41H52N2O15S/c1-21-25(56-36(50)31(47)29(24-15-12-16-43(52)19-24)42-59(53,54)37(3,4)5)18-41(51)34(57-35(49)23-13-10-9-11-14-23)32-39(8,33(48)30(46)28(21)38(41,6)7)26(45)17-27-40(32,20-55-27)58-22(2)44/h9-16,19,25-27,29-32,34,42,45-47,51H,17-18,20H2,1-8H3/t25-,26-,27+,29-,30+,31+,32-,34-,39+,40-,41+/m0/s1. The molecule has 5 N–H and O–H groups in total. The molecule has 0 amide bonds. The number of fused-ring (bicyclic) bond motifs is 5. The van der Waals surface area contributed by atoms with Crippen LogP contribution in [0.15, 0.2) is 66.0 Å². The zero-order valence-corrected chi connectivity index (χ0v) is 34.9. The Bertz CT molecular complexity index is 2170. The highest BCUT2D eigenvalue weighted by Gasteiger charge is 2.78. The minimum atomic E-state index is -4.29. The van der Waals surface area contributed by atoms with E-state index in [1.54, 1.807) is 18.2 Å². The lowest BCUT2D eigenvalue weighted by atomic mass is 9.44. The van der Waals surface area contributed by atoms with E-state index >= 15 is 0 Å². The molecule has 17 nitrogen and oxygen atoms in total. The van der Waals surface area contributed by atoms with E-state index in [2.05, 4.69) is 4.72 Å². The van der Waals surface area contributed by atoms with E-state index in [9.17, 15) is 53.2 Å². The van der Waals surface area contributed by atoms with Crippen molar-refractivity contribution >= 4 is 33.7 Å². The molecule has 0 spiro atoms. The van der Waals surface area contributed by atoms with Gasteiger partial charge in [-0.3, -0.25) is 9.59 Å². The smallest absolute Gasteiger partial charge is 0.338 e. The molecule has 322 valence electrons. The van der Waals surface area contributed by atoms with Crippen LogP contribution in [-0.4, -0.2) is 112 Å². The van der Waals surface area contributed by atoms with Gasteiger partial charge < -0.3 is 44.6 Å². The monoisotopic (exact) mass is 844 g/mol. The second kappa shape index (κ2) is 15.0. The summed E-state index contributed by atoms with van der Waals surface area (Å²) < 4.78 is 51.9. The summed E-state index contributed by atoms with van der Waals surface area (Å²) >= 11 is 0. The van der Waals surface area contributed by atoms with Gasteiger partial charge in [0.15, 0.2) is 29.9 Å². The average Bonchev–Trinajstić information content (AvgIpc) is 3.14. The summed E-state index contributed by atoms with van der Waals surface area (Å²) in [5, 5.41) is 61.3. The number of esters is 3. The van der Waals surface area contributed by atoms with Crippen LogP contribution >= 0.6 is 0 Å². The first-order chi connectivity index (χ1) is 27.2. The van der Waals surface area contributed by atoms with Crippen LogP contribution in [0.2, 0.25) is 0 Å². The third-order valence-corrected chi connectivity index (χ3v) is 15.2. The first-order valence-electron chi connectivity index (χ1n) is 19.2. The van der Waals surface area contributed by atoms with Crippen molar-refractivity contribution in [2.75, 3.05) is 6.61 Å². The fourth-order valence-corrected chi connectivity index (χ4v) is 10.4. The van der Waals surface area contributed by atoms with Crippen molar-refractivity contribution in [3.05, 3.63) is 82.3 Å². The van der Waals surface area contributed by atoms with Gasteiger partial charge in [0.25, 0.3) is 0 Å². The number of aromatic nitrogens is 1. The summed E-state index contributed by atoms with van der Waals surface area (Å²) in [6, 6.07) is 8.55. The molecule has 2 bridgehead atoms. The molecule has 59 heavy (non-hydrogen) atoms. The van der Waals surface area contributed by atoms with Gasteiger partial charge in [0.2, 0.25) is 10.0 Å². The normalized spacial score (nSPS) is 33.8. The first kappa shape index (κ1) is 44.3. The summed E-state index contributed by atoms with van der Waals surface area (Å²) in [6.45, 7) is 10.7. The van der Waals surface area contributed by atoms with E-state index in [1.165, 1.54) is 72.7 Å². The molecule has 6 rings (SSSR count). The minimum Gasteiger partial charge on any atom is -0.619 e. The minimum absolute atomic E-state index is 0.0428. The van der Waals surface area contributed by atoms with E-state index in [-0.39, 0.29) is 35.3 Å². The molecule has 1 aromatic heterocycles. The molecular formula is C41H52N2O15S. The third kappa shape index (κ3) is 7.05. The quantitative estimate of drug-likeness (QED) is 0.0778. The van der Waals surface area contributed by atoms with Crippen LogP contribution in [0.5, 0.6) is 0 Å². The van der Waals surface area contributed by atoms with Crippen molar-refractivity contribution in [2.24, 2.45) is 16.7 Å². The predicted molar refractivity (Wildman–Crippen MR) is 205 cm³/mol. The second-order valence-electron chi connectivity index (χ2n) is 17.7. The maximum atomic E-state index is 14.9. The topological polar surface area (TPSA) is 259 Å². The Hall–Kier alpha value is -4.30. The highest BCUT2D eigenvalue weighted by Crippen LogP contribution is 2.64. The highest BCUT2D eigenvalue weighted by molar-refractivity contribution is 7.90. The molecule has 1 aromatic carbocycles. The zero-order chi connectivity index (χ0) is 43.8. The number of pyridine rings is 1. The Morgan fingerprint density at radius 1 is 1.05 bits per heavy atom. The van der Waals surface area contributed by atoms with Crippen LogP contribution in [0.1, 0.15) is 90.2 Å². The average molecular weight is 845 g/mol. The molecule has 2 heterocycles. The van der Waals surface area contributed by atoms with Crippen LogP contribution < -0.4 is 9.45 Å². The van der Waals surface area contributed by atoms with Gasteiger partial charge in [0, 0.05) is 36.8 Å². The predicted octanol–water partition coefficient (Wildman–Crippen LogP) is 1.09. The molecule has 3 fully saturated rings. The number of Topliss-reactive ketones (excluding diaryl/α,β-unsaturated/α-hetero) is 1. The number of ether oxygens (including phenoxy) is 4. The molecule has 1 saturated heterocycles. The maximum absolute atomic E-state index is 14.9. The fourth-order valence-electron chi connectivity index (χ4n) is 9.43. The summed E-state index contributed by atoms with van der Waals surface area (Å²) in [6.07, 6.45) is -9.19. The van der Waals surface area contributed by atoms with Crippen LogP contribution in [0, 0.1) is 22.0 Å². The Labute approximate surface area is 341 Å². The van der Waals surface area contributed by atoms with Gasteiger partial charge in [0.1, 0.15) is 30.0 Å². The number of aliphatic hydroxyl groups is 4. The summed E-state index contributed by atoms with van der Waals surface area (Å²) in [5.74, 6) is -5.72. The number of carbonyl (C=O) groups excluding carboxylic acids is 4. The van der Waals surface area contributed by atoms with Gasteiger partial charge in [0.05, 0.1) is 40.4 Å². The van der Waals surface area contributed by atoms with Crippen LogP contribution in [0.4, 0.5) is 0 Å². The van der Waals surface area contributed by atoms with E-state index < -0.39 is 115 Å². The third-order valence-electron chi connectivity index (χ3n) is 13.0. The molecule has 11 atom stereocenters. The molecule has 0 unspecified atom stereocenters. The van der Waals surface area contributed by atoms with Crippen LogP contribution in [0.3, 0.4) is 0 Å². The van der Waals surface area contributed by atoms with Crippen molar-refractivity contribution in [1.29, 1.82) is 0 Å². The lowest BCUT2D eigenvalue weighted by Gasteiger charge is -2.67. The second-order valence-corrected chi connectivity index (χ2v) is 20.2. The Kier molecular flexibility index (Phi) is 11.3.